The first-order chi connectivity index (χ1) is 6.20. The van der Waals surface area contributed by atoms with Gasteiger partial charge in [-0.25, -0.2) is 4.98 Å². The number of pyridine rings is 1. The first kappa shape index (κ1) is 10.3. The highest BCUT2D eigenvalue weighted by Gasteiger charge is 2.14. The van der Waals surface area contributed by atoms with Gasteiger partial charge in [0.2, 0.25) is 5.69 Å². The highest BCUT2D eigenvalue weighted by atomic mass is 35.5. The van der Waals surface area contributed by atoms with Gasteiger partial charge >= 0.3 is 0 Å². The minimum absolute atomic E-state index is 0.236. The Morgan fingerprint density at radius 2 is 2.31 bits per heavy atom. The van der Waals surface area contributed by atoms with Crippen LogP contribution in [-0.2, 0) is 17.2 Å². The van der Waals surface area contributed by atoms with Gasteiger partial charge in [0.05, 0.1) is 12.5 Å². The molecule has 3 nitrogen and oxygen atoms in total. The van der Waals surface area contributed by atoms with E-state index in [4.69, 9.17) is 16.3 Å². The van der Waals surface area contributed by atoms with Crippen LogP contribution in [0.15, 0.2) is 6.20 Å². The maximum atomic E-state index is 9.67. The lowest BCUT2D eigenvalue weighted by molar-refractivity contribution is -0.389. The molecule has 1 aromatic rings. The van der Waals surface area contributed by atoms with E-state index in [0.29, 0.717) is 12.5 Å². The van der Waals surface area contributed by atoms with Crippen LogP contribution < -0.4 is 4.98 Å². The summed E-state index contributed by atoms with van der Waals surface area (Å²) in [4.78, 5) is 2.93. The lowest BCUT2D eigenvalue weighted by Gasteiger charge is -2.06. The summed E-state index contributed by atoms with van der Waals surface area (Å²) in [5, 5.41) is 9.67. The average molecular weight is 203 g/mol. The monoisotopic (exact) mass is 202 g/mol. The van der Waals surface area contributed by atoms with Crippen molar-refractivity contribution in [1.29, 1.82) is 0 Å². The van der Waals surface area contributed by atoms with Gasteiger partial charge in [0.25, 0.3) is 0 Å². The molecule has 0 atom stereocenters. The SMILES string of the molecule is COCc1c(CCl)c[nH+]c(C)c1O. The number of methoxy groups -OCH3 is 1. The molecule has 0 radical (unpaired) electrons. The number of rotatable bonds is 3. The van der Waals surface area contributed by atoms with Gasteiger partial charge in [-0.3, -0.25) is 0 Å². The Morgan fingerprint density at radius 1 is 1.62 bits per heavy atom. The van der Waals surface area contributed by atoms with Crippen molar-refractivity contribution in [3.05, 3.63) is 23.0 Å². The summed E-state index contributed by atoms with van der Waals surface area (Å²) in [6, 6.07) is 0. The molecule has 0 aliphatic carbocycles. The summed E-state index contributed by atoms with van der Waals surface area (Å²) in [6.07, 6.45) is 1.79. The Hall–Kier alpha value is -0.800. The molecule has 0 aliphatic rings. The molecular formula is C9H13ClNO2+. The number of H-pyrrole nitrogens is 1. The van der Waals surface area contributed by atoms with E-state index in [1.54, 1.807) is 20.2 Å². The van der Waals surface area contributed by atoms with Gasteiger partial charge in [-0.05, 0) is 0 Å². The molecule has 0 aromatic carbocycles. The normalized spacial score (nSPS) is 10.4. The quantitative estimate of drug-likeness (QED) is 0.754. The van der Waals surface area contributed by atoms with Crippen molar-refractivity contribution in [2.75, 3.05) is 7.11 Å². The van der Waals surface area contributed by atoms with E-state index in [-0.39, 0.29) is 5.75 Å². The van der Waals surface area contributed by atoms with E-state index >= 15 is 0 Å². The fourth-order valence-electron chi connectivity index (χ4n) is 1.15. The molecule has 4 heteroatoms. The molecule has 0 amide bonds. The summed E-state index contributed by atoms with van der Waals surface area (Å²) >= 11 is 5.71. The van der Waals surface area contributed by atoms with Crippen LogP contribution >= 0.6 is 11.6 Å². The molecule has 1 heterocycles. The molecule has 72 valence electrons. The number of alkyl halides is 1. The Morgan fingerprint density at radius 3 is 2.85 bits per heavy atom. The number of aromatic amines is 1. The van der Waals surface area contributed by atoms with Crippen molar-refractivity contribution in [2.45, 2.75) is 19.4 Å². The van der Waals surface area contributed by atoms with Crippen LogP contribution in [0.25, 0.3) is 0 Å². The molecule has 0 spiro atoms. The second-order valence-electron chi connectivity index (χ2n) is 2.83. The molecule has 0 bridgehead atoms. The van der Waals surface area contributed by atoms with Crippen molar-refractivity contribution in [2.24, 2.45) is 0 Å². The summed E-state index contributed by atoms with van der Waals surface area (Å²) in [6.45, 7) is 2.18. The molecule has 0 saturated heterocycles. The lowest BCUT2D eigenvalue weighted by Crippen LogP contribution is -2.11. The topological polar surface area (TPSA) is 43.6 Å². The van der Waals surface area contributed by atoms with Gasteiger partial charge in [-0.1, -0.05) is 0 Å². The predicted octanol–water partition coefficient (Wildman–Crippen LogP) is 1.40. The van der Waals surface area contributed by atoms with Crippen LogP contribution in [0.4, 0.5) is 0 Å². The van der Waals surface area contributed by atoms with E-state index in [9.17, 15) is 5.11 Å². The maximum absolute atomic E-state index is 9.67. The second kappa shape index (κ2) is 4.44. The van der Waals surface area contributed by atoms with Gasteiger partial charge < -0.3 is 9.84 Å². The van der Waals surface area contributed by atoms with Crippen molar-refractivity contribution >= 4 is 11.6 Å². The molecular weight excluding hydrogens is 190 g/mol. The molecule has 1 rings (SSSR count). The number of ether oxygens (including phenoxy) is 1. The fourth-order valence-corrected chi connectivity index (χ4v) is 1.39. The third kappa shape index (κ3) is 2.11. The molecule has 2 N–H and O–H groups in total. The van der Waals surface area contributed by atoms with Crippen LogP contribution in [0.2, 0.25) is 0 Å². The third-order valence-electron chi connectivity index (χ3n) is 1.92. The standard InChI is InChI=1S/C9H12ClNO2/c1-6-9(12)8(5-13-2)7(3-10)4-11-6/h4,12H,3,5H2,1-2H3/p+1. The number of nitrogens with one attached hydrogen (secondary N) is 1. The molecule has 0 aliphatic heterocycles. The van der Waals surface area contributed by atoms with Crippen molar-refractivity contribution in [1.82, 2.24) is 0 Å². The summed E-state index contributed by atoms with van der Waals surface area (Å²) in [7, 11) is 1.59. The number of aromatic hydroxyl groups is 1. The Kier molecular flexibility index (Phi) is 3.51. The fraction of sp³-hybridized carbons (Fsp3) is 0.444. The zero-order valence-electron chi connectivity index (χ0n) is 7.72. The Bertz CT molecular complexity index is 302. The third-order valence-corrected chi connectivity index (χ3v) is 2.21. The summed E-state index contributed by atoms with van der Waals surface area (Å²) in [5.41, 5.74) is 2.35. The zero-order valence-corrected chi connectivity index (χ0v) is 8.48. The van der Waals surface area contributed by atoms with E-state index in [0.717, 1.165) is 16.8 Å². The second-order valence-corrected chi connectivity index (χ2v) is 3.10. The van der Waals surface area contributed by atoms with Gasteiger partial charge in [0.15, 0.2) is 11.9 Å². The van der Waals surface area contributed by atoms with Crippen molar-refractivity contribution < 1.29 is 14.8 Å². The number of hydrogen-bond donors (Lipinski definition) is 1. The number of aromatic nitrogens is 1. The van der Waals surface area contributed by atoms with E-state index in [1.807, 2.05) is 0 Å². The molecule has 1 aromatic heterocycles. The van der Waals surface area contributed by atoms with E-state index in [2.05, 4.69) is 4.98 Å². The van der Waals surface area contributed by atoms with E-state index in [1.165, 1.54) is 0 Å². The van der Waals surface area contributed by atoms with Crippen LogP contribution in [0.5, 0.6) is 5.75 Å². The van der Waals surface area contributed by atoms with Crippen LogP contribution in [0.1, 0.15) is 16.8 Å². The minimum Gasteiger partial charge on any atom is -0.502 e. The number of aryl methyl sites for hydroxylation is 1. The molecule has 0 unspecified atom stereocenters. The highest BCUT2D eigenvalue weighted by Crippen LogP contribution is 2.23. The largest absolute Gasteiger partial charge is 0.502 e. The van der Waals surface area contributed by atoms with Gasteiger partial charge in [-0.15, -0.1) is 11.6 Å². The molecule has 0 saturated carbocycles. The van der Waals surface area contributed by atoms with Crippen LogP contribution in [0, 0.1) is 6.92 Å². The number of halogens is 1. The minimum atomic E-state index is 0.236. The smallest absolute Gasteiger partial charge is 0.219 e. The first-order valence-electron chi connectivity index (χ1n) is 3.97. The lowest BCUT2D eigenvalue weighted by atomic mass is 10.1. The van der Waals surface area contributed by atoms with E-state index < -0.39 is 0 Å². The Labute approximate surface area is 82.3 Å². The average Bonchev–Trinajstić information content (AvgIpc) is 2.14. The first-order valence-corrected chi connectivity index (χ1v) is 4.51. The van der Waals surface area contributed by atoms with Gasteiger partial charge in [-0.2, -0.15) is 0 Å². The summed E-state index contributed by atoms with van der Waals surface area (Å²) in [5.74, 6) is 0.600. The van der Waals surface area contributed by atoms with Gasteiger partial charge in [0.1, 0.15) is 0 Å². The highest BCUT2D eigenvalue weighted by molar-refractivity contribution is 6.17. The molecule has 0 fully saturated rings. The zero-order chi connectivity index (χ0) is 9.84. The maximum Gasteiger partial charge on any atom is 0.219 e. The predicted molar refractivity (Wildman–Crippen MR) is 49.7 cm³/mol. The number of hydrogen-bond acceptors (Lipinski definition) is 2. The summed E-state index contributed by atoms with van der Waals surface area (Å²) < 4.78 is 4.97. The van der Waals surface area contributed by atoms with Crippen LogP contribution in [-0.4, -0.2) is 12.2 Å². The van der Waals surface area contributed by atoms with Crippen molar-refractivity contribution in [3.63, 3.8) is 0 Å². The van der Waals surface area contributed by atoms with Gasteiger partial charge in [0, 0.05) is 25.2 Å². The molecule has 13 heavy (non-hydrogen) atoms. The Balaban J connectivity index is 3.15. The van der Waals surface area contributed by atoms with Crippen LogP contribution in [0.3, 0.4) is 0 Å². The van der Waals surface area contributed by atoms with Crippen molar-refractivity contribution in [3.8, 4) is 5.75 Å².